The van der Waals surface area contributed by atoms with Gasteiger partial charge in [-0.3, -0.25) is 4.79 Å². The molecule has 1 atom stereocenters. The van der Waals surface area contributed by atoms with Gasteiger partial charge in [0.2, 0.25) is 0 Å². The molecular weight excluding hydrogens is 432 g/mol. The van der Waals surface area contributed by atoms with E-state index in [0.717, 1.165) is 10.9 Å². The molecule has 2 aromatic carbocycles. The second-order valence-electron chi connectivity index (χ2n) is 6.91. The molecule has 30 heavy (non-hydrogen) atoms. The first-order chi connectivity index (χ1) is 14.4. The first-order valence-corrected chi connectivity index (χ1v) is 10.1. The number of halogens is 3. The molecular formula is C21H18Cl2FN3O3. The number of anilines is 1. The summed E-state index contributed by atoms with van der Waals surface area (Å²) in [6, 6.07) is 8.26. The van der Waals surface area contributed by atoms with Gasteiger partial charge in [-0.25, -0.2) is 9.18 Å². The lowest BCUT2D eigenvalue weighted by molar-refractivity contribution is 0.0471. The third-order valence-corrected chi connectivity index (χ3v) is 5.63. The largest absolute Gasteiger partial charge is 0.373 e. The summed E-state index contributed by atoms with van der Waals surface area (Å²) < 4.78 is 19.1. The summed E-state index contributed by atoms with van der Waals surface area (Å²) in [5.74, 6) is -0.564. The van der Waals surface area contributed by atoms with Gasteiger partial charge in [-0.15, -0.1) is 0 Å². The minimum Gasteiger partial charge on any atom is -0.373 e. The van der Waals surface area contributed by atoms with E-state index in [9.17, 15) is 14.0 Å². The molecule has 4 rings (SSSR count). The number of nitrogens with zero attached hydrogens (tertiary/aromatic N) is 1. The molecule has 1 aliphatic heterocycles. The van der Waals surface area contributed by atoms with Gasteiger partial charge in [-0.1, -0.05) is 29.3 Å². The van der Waals surface area contributed by atoms with Crippen molar-refractivity contribution in [2.75, 3.05) is 18.5 Å². The summed E-state index contributed by atoms with van der Waals surface area (Å²) in [7, 11) is 0. The van der Waals surface area contributed by atoms with E-state index in [4.69, 9.17) is 27.9 Å². The van der Waals surface area contributed by atoms with Crippen LogP contribution < -0.4 is 10.9 Å². The number of aromatic amines is 1. The van der Waals surface area contributed by atoms with E-state index in [-0.39, 0.29) is 23.8 Å². The van der Waals surface area contributed by atoms with Crippen molar-refractivity contribution in [2.24, 2.45) is 0 Å². The molecule has 9 heteroatoms. The monoisotopic (exact) mass is 449 g/mol. The zero-order chi connectivity index (χ0) is 21.4. The molecule has 2 amide bonds. The fourth-order valence-corrected chi connectivity index (χ4v) is 4.10. The Morgan fingerprint density at radius 3 is 2.80 bits per heavy atom. The van der Waals surface area contributed by atoms with Crippen LogP contribution in [0, 0.1) is 5.82 Å². The molecule has 0 fully saturated rings. The molecule has 0 bridgehead atoms. The highest BCUT2D eigenvalue weighted by Gasteiger charge is 2.32. The SMILES string of the molecule is CCN(C(=O)Nc1ccc(F)c(Cl)c1)[C@@H]1COCc2[nH]c(=O)c3cc(Cl)ccc3c21. The van der Waals surface area contributed by atoms with Gasteiger partial charge in [0.1, 0.15) is 5.82 Å². The lowest BCUT2D eigenvalue weighted by atomic mass is 9.95. The zero-order valence-electron chi connectivity index (χ0n) is 16.0. The van der Waals surface area contributed by atoms with E-state index >= 15 is 0 Å². The van der Waals surface area contributed by atoms with E-state index in [1.54, 1.807) is 23.1 Å². The number of hydrogen-bond donors (Lipinski definition) is 2. The highest BCUT2D eigenvalue weighted by molar-refractivity contribution is 6.31. The number of rotatable bonds is 3. The molecule has 1 aromatic heterocycles. The summed E-state index contributed by atoms with van der Waals surface area (Å²) in [4.78, 5) is 30.0. The molecule has 156 valence electrons. The average Bonchev–Trinajstić information content (AvgIpc) is 2.71. The van der Waals surface area contributed by atoms with Gasteiger partial charge in [-0.05, 0) is 42.6 Å². The number of amides is 2. The molecule has 1 aliphatic rings. The summed E-state index contributed by atoms with van der Waals surface area (Å²) in [6.45, 7) is 2.73. The van der Waals surface area contributed by atoms with Gasteiger partial charge in [0, 0.05) is 33.9 Å². The summed E-state index contributed by atoms with van der Waals surface area (Å²) in [5.41, 5.74) is 1.56. The minimum atomic E-state index is -0.564. The predicted octanol–water partition coefficient (Wildman–Crippen LogP) is 5.10. The predicted molar refractivity (Wildman–Crippen MR) is 115 cm³/mol. The number of fused-ring (bicyclic) bond motifs is 3. The Hall–Kier alpha value is -2.61. The maximum Gasteiger partial charge on any atom is 0.322 e. The van der Waals surface area contributed by atoms with E-state index in [1.807, 2.05) is 6.92 Å². The van der Waals surface area contributed by atoms with Crippen LogP contribution in [-0.2, 0) is 11.3 Å². The van der Waals surface area contributed by atoms with Crippen LogP contribution in [0.4, 0.5) is 14.9 Å². The third-order valence-electron chi connectivity index (χ3n) is 5.11. The lowest BCUT2D eigenvalue weighted by Gasteiger charge is -2.35. The standard InChI is InChI=1S/C21H18Cl2FN3O3/c1-2-27(21(29)25-12-4-6-16(24)15(23)8-12)18-10-30-9-17-19(18)13-5-3-11(22)7-14(13)20(28)26-17/h3-8,18H,2,9-10H2,1H3,(H,25,29)(H,26,28)/t18-/m1/s1. The van der Waals surface area contributed by atoms with Crippen molar-refractivity contribution in [3.63, 3.8) is 0 Å². The molecule has 2 heterocycles. The van der Waals surface area contributed by atoms with Gasteiger partial charge in [0.15, 0.2) is 0 Å². The van der Waals surface area contributed by atoms with Crippen LogP contribution in [0.15, 0.2) is 41.2 Å². The Labute approximate surface area is 181 Å². The van der Waals surface area contributed by atoms with Crippen molar-refractivity contribution in [3.8, 4) is 0 Å². The van der Waals surface area contributed by atoms with Crippen LogP contribution in [-0.4, -0.2) is 29.1 Å². The van der Waals surface area contributed by atoms with Gasteiger partial charge in [0.05, 0.1) is 24.3 Å². The third kappa shape index (κ3) is 3.76. The number of urea groups is 1. The molecule has 0 radical (unpaired) electrons. The van der Waals surface area contributed by atoms with Crippen molar-refractivity contribution in [2.45, 2.75) is 19.6 Å². The fraction of sp³-hybridized carbons (Fsp3) is 0.238. The van der Waals surface area contributed by atoms with Crippen molar-refractivity contribution >= 4 is 45.7 Å². The molecule has 0 aliphatic carbocycles. The number of carbonyl (C=O) groups is 1. The maximum atomic E-state index is 13.4. The van der Waals surface area contributed by atoms with Gasteiger partial charge < -0.3 is 19.9 Å². The zero-order valence-corrected chi connectivity index (χ0v) is 17.5. The average molecular weight is 450 g/mol. The molecule has 3 aromatic rings. The lowest BCUT2D eigenvalue weighted by Crippen LogP contribution is -2.42. The Morgan fingerprint density at radius 1 is 1.27 bits per heavy atom. The van der Waals surface area contributed by atoms with Gasteiger partial charge in [0.25, 0.3) is 5.56 Å². The Bertz CT molecular complexity index is 1200. The van der Waals surface area contributed by atoms with Crippen molar-refractivity contribution in [1.82, 2.24) is 9.88 Å². The minimum absolute atomic E-state index is 0.0809. The topological polar surface area (TPSA) is 74.4 Å². The smallest absolute Gasteiger partial charge is 0.322 e. The van der Waals surface area contributed by atoms with E-state index < -0.39 is 17.9 Å². The van der Waals surface area contributed by atoms with E-state index in [1.165, 1.54) is 18.2 Å². The maximum absolute atomic E-state index is 13.4. The fourth-order valence-electron chi connectivity index (χ4n) is 3.74. The number of aromatic nitrogens is 1. The summed E-state index contributed by atoms with van der Waals surface area (Å²) >= 11 is 11.9. The molecule has 2 N–H and O–H groups in total. The number of pyridine rings is 1. The van der Waals surface area contributed by atoms with Crippen LogP contribution in [0.3, 0.4) is 0 Å². The highest BCUT2D eigenvalue weighted by atomic mass is 35.5. The molecule has 0 unspecified atom stereocenters. The Morgan fingerprint density at radius 2 is 2.07 bits per heavy atom. The number of ether oxygens (including phenoxy) is 1. The van der Waals surface area contributed by atoms with Crippen LogP contribution in [0.1, 0.15) is 24.2 Å². The number of benzene rings is 2. The van der Waals surface area contributed by atoms with Crippen molar-refractivity contribution in [3.05, 3.63) is 73.9 Å². The molecule has 0 saturated carbocycles. The molecule has 0 spiro atoms. The Kier molecular flexibility index (Phi) is 5.69. The number of H-pyrrole nitrogens is 1. The number of likely N-dealkylation sites (N-methyl/N-ethyl adjacent to an activating group) is 1. The summed E-state index contributed by atoms with van der Waals surface area (Å²) in [5, 5.41) is 4.30. The second-order valence-corrected chi connectivity index (χ2v) is 7.76. The number of carbonyl (C=O) groups excluding carboxylic acids is 1. The van der Waals surface area contributed by atoms with Crippen molar-refractivity contribution in [1.29, 1.82) is 0 Å². The van der Waals surface area contributed by atoms with E-state index in [2.05, 4.69) is 10.3 Å². The van der Waals surface area contributed by atoms with E-state index in [0.29, 0.717) is 28.3 Å². The van der Waals surface area contributed by atoms with Gasteiger partial charge in [-0.2, -0.15) is 0 Å². The number of nitrogens with one attached hydrogen (secondary N) is 2. The quantitative estimate of drug-likeness (QED) is 0.583. The highest BCUT2D eigenvalue weighted by Crippen LogP contribution is 2.34. The van der Waals surface area contributed by atoms with Crippen LogP contribution in [0.25, 0.3) is 10.8 Å². The molecule has 0 saturated heterocycles. The first kappa shape index (κ1) is 20.7. The molecule has 6 nitrogen and oxygen atoms in total. The van der Waals surface area contributed by atoms with Gasteiger partial charge >= 0.3 is 6.03 Å². The van der Waals surface area contributed by atoms with Crippen LogP contribution in [0.5, 0.6) is 0 Å². The van der Waals surface area contributed by atoms with Crippen molar-refractivity contribution < 1.29 is 13.9 Å². The normalized spacial score (nSPS) is 15.7. The van der Waals surface area contributed by atoms with Crippen LogP contribution in [0.2, 0.25) is 10.0 Å². The second kappa shape index (κ2) is 8.26. The Balaban J connectivity index is 1.74. The van der Waals surface area contributed by atoms with Crippen LogP contribution >= 0.6 is 23.2 Å². The first-order valence-electron chi connectivity index (χ1n) is 9.33. The summed E-state index contributed by atoms with van der Waals surface area (Å²) in [6.07, 6.45) is 0. The number of hydrogen-bond acceptors (Lipinski definition) is 3.